The Labute approximate surface area is 118 Å². The van der Waals surface area contributed by atoms with Gasteiger partial charge in [0.05, 0.1) is 11.5 Å². The van der Waals surface area contributed by atoms with E-state index in [-0.39, 0.29) is 12.7 Å². The summed E-state index contributed by atoms with van der Waals surface area (Å²) in [6.07, 6.45) is -8.81. The van der Waals surface area contributed by atoms with Crippen LogP contribution in [0.3, 0.4) is 0 Å². The Hall–Kier alpha value is -2.53. The number of alkyl halides is 5. The number of nitro groups is 1. The van der Waals surface area contributed by atoms with Gasteiger partial charge in [-0.1, -0.05) is 0 Å². The predicted octanol–water partition coefficient (Wildman–Crippen LogP) is 3.00. The lowest BCUT2D eigenvalue weighted by Crippen LogP contribution is -2.21. The lowest BCUT2D eigenvalue weighted by atomic mass is 10.2. The topological polar surface area (TPSA) is 91.6 Å². The van der Waals surface area contributed by atoms with E-state index in [1.54, 1.807) is 0 Å². The Bertz CT molecular complexity index is 590. The molecule has 122 valence electrons. The highest BCUT2D eigenvalue weighted by atomic mass is 19.4. The number of hydrogen-bond acceptors (Lipinski definition) is 6. The molecule has 1 aromatic rings. The fraction of sp³-hybridized carbons (Fsp3) is 0.400. The molecule has 1 heterocycles. The SMILES string of the molecule is CCOC(=O)c1cc(C(F)F)nc(OC(F)(F)F)c1[N+](=O)[O-]. The predicted molar refractivity (Wildman–Crippen MR) is 58.5 cm³/mol. The van der Waals surface area contributed by atoms with E-state index in [1.165, 1.54) is 6.92 Å². The number of hydrogen-bond donors (Lipinski definition) is 0. The summed E-state index contributed by atoms with van der Waals surface area (Å²) < 4.78 is 69.5. The average molecular weight is 330 g/mol. The van der Waals surface area contributed by atoms with Crippen molar-refractivity contribution in [2.45, 2.75) is 19.7 Å². The smallest absolute Gasteiger partial charge is 0.462 e. The second-order valence-electron chi connectivity index (χ2n) is 3.57. The van der Waals surface area contributed by atoms with Crippen molar-refractivity contribution in [3.8, 4) is 5.88 Å². The highest BCUT2D eigenvalue weighted by Gasteiger charge is 2.39. The molecule has 0 N–H and O–H groups in total. The van der Waals surface area contributed by atoms with Crippen molar-refractivity contribution < 1.29 is 41.1 Å². The molecule has 7 nitrogen and oxygen atoms in total. The molecule has 0 atom stereocenters. The zero-order chi connectivity index (χ0) is 17.1. The Morgan fingerprint density at radius 2 is 2.05 bits per heavy atom. The van der Waals surface area contributed by atoms with Gasteiger partial charge in [0.25, 0.3) is 6.43 Å². The molecule has 0 amide bonds. The molecule has 0 radical (unpaired) electrons. The Balaban J connectivity index is 3.58. The van der Waals surface area contributed by atoms with Gasteiger partial charge in [-0.15, -0.1) is 13.2 Å². The maximum atomic E-state index is 12.6. The van der Waals surface area contributed by atoms with E-state index in [0.717, 1.165) is 0 Å². The molecule has 0 aliphatic rings. The number of nitrogens with zero attached hydrogens (tertiary/aromatic N) is 2. The summed E-state index contributed by atoms with van der Waals surface area (Å²) >= 11 is 0. The fourth-order valence-electron chi connectivity index (χ4n) is 1.37. The van der Waals surface area contributed by atoms with E-state index in [1.807, 2.05) is 0 Å². The number of esters is 1. The summed E-state index contributed by atoms with van der Waals surface area (Å²) in [5.41, 5.74) is -3.93. The van der Waals surface area contributed by atoms with Gasteiger partial charge in [0.1, 0.15) is 11.3 Å². The van der Waals surface area contributed by atoms with Gasteiger partial charge in [0.2, 0.25) is 0 Å². The van der Waals surface area contributed by atoms with E-state index in [2.05, 4.69) is 14.5 Å². The number of halogens is 5. The number of carbonyl (C=O) groups excluding carboxylic acids is 1. The van der Waals surface area contributed by atoms with Gasteiger partial charge in [-0.2, -0.15) is 0 Å². The summed E-state index contributed by atoms with van der Waals surface area (Å²) in [5.74, 6) is -3.22. The van der Waals surface area contributed by atoms with Crippen LogP contribution < -0.4 is 4.74 Å². The minimum Gasteiger partial charge on any atom is -0.462 e. The van der Waals surface area contributed by atoms with Gasteiger partial charge >= 0.3 is 23.9 Å². The van der Waals surface area contributed by atoms with E-state index in [4.69, 9.17) is 0 Å². The van der Waals surface area contributed by atoms with Crippen LogP contribution in [0.25, 0.3) is 0 Å². The first-order chi connectivity index (χ1) is 10.1. The fourth-order valence-corrected chi connectivity index (χ4v) is 1.37. The van der Waals surface area contributed by atoms with Gasteiger partial charge in [-0.25, -0.2) is 18.6 Å². The van der Waals surface area contributed by atoms with Crippen molar-refractivity contribution >= 4 is 11.7 Å². The molecule has 0 unspecified atom stereocenters. The zero-order valence-electron chi connectivity index (χ0n) is 10.7. The normalized spacial score (nSPS) is 11.4. The molecule has 0 aliphatic carbocycles. The van der Waals surface area contributed by atoms with Gasteiger partial charge < -0.3 is 9.47 Å². The average Bonchev–Trinajstić information content (AvgIpc) is 2.35. The van der Waals surface area contributed by atoms with Crippen LogP contribution in [0.2, 0.25) is 0 Å². The standard InChI is InChI=1S/C10H7F5N2O5/c1-2-21-9(18)4-3-5(7(11)12)16-8(6(4)17(19)20)22-10(13,14)15/h3,7H,2H2,1H3. The van der Waals surface area contributed by atoms with Crippen LogP contribution in [0.5, 0.6) is 5.88 Å². The Morgan fingerprint density at radius 3 is 2.45 bits per heavy atom. The van der Waals surface area contributed by atoms with Crippen LogP contribution in [0.4, 0.5) is 27.6 Å². The summed E-state index contributed by atoms with van der Waals surface area (Å²) in [6.45, 7) is 1.03. The molecule has 0 bridgehead atoms. The summed E-state index contributed by atoms with van der Waals surface area (Å²) in [5, 5.41) is 10.8. The second kappa shape index (κ2) is 6.49. The molecule has 0 fully saturated rings. The van der Waals surface area contributed by atoms with Crippen LogP contribution in [-0.4, -0.2) is 28.8 Å². The van der Waals surface area contributed by atoms with E-state index in [9.17, 15) is 36.9 Å². The number of carbonyl (C=O) groups is 1. The van der Waals surface area contributed by atoms with Crippen molar-refractivity contribution in [2.24, 2.45) is 0 Å². The maximum Gasteiger partial charge on any atom is 0.574 e. The van der Waals surface area contributed by atoms with Crippen LogP contribution in [0, 0.1) is 10.1 Å². The molecule has 12 heteroatoms. The van der Waals surface area contributed by atoms with Crippen LogP contribution >= 0.6 is 0 Å². The first-order valence-electron chi connectivity index (χ1n) is 5.47. The van der Waals surface area contributed by atoms with Gasteiger partial charge in [-0.05, 0) is 13.0 Å². The van der Waals surface area contributed by atoms with E-state index >= 15 is 0 Å². The molecule has 0 aliphatic heterocycles. The van der Waals surface area contributed by atoms with Gasteiger partial charge in [0.15, 0.2) is 0 Å². The molecule has 1 aromatic heterocycles. The van der Waals surface area contributed by atoms with Crippen LogP contribution in [-0.2, 0) is 4.74 Å². The number of pyridine rings is 1. The van der Waals surface area contributed by atoms with Crippen molar-refractivity contribution in [3.05, 3.63) is 27.4 Å². The first-order valence-corrected chi connectivity index (χ1v) is 5.47. The number of ether oxygens (including phenoxy) is 2. The molecular weight excluding hydrogens is 323 g/mol. The molecule has 0 saturated heterocycles. The Kier molecular flexibility index (Phi) is 5.17. The summed E-state index contributed by atoms with van der Waals surface area (Å²) in [6, 6.07) is 0.282. The van der Waals surface area contributed by atoms with Crippen LogP contribution in [0.15, 0.2) is 6.07 Å². The van der Waals surface area contributed by atoms with Crippen LogP contribution in [0.1, 0.15) is 29.4 Å². The number of rotatable bonds is 5. The van der Waals surface area contributed by atoms with Crippen molar-refractivity contribution in [2.75, 3.05) is 6.61 Å². The lowest BCUT2D eigenvalue weighted by Gasteiger charge is -2.12. The van der Waals surface area contributed by atoms with E-state index in [0.29, 0.717) is 0 Å². The highest BCUT2D eigenvalue weighted by Crippen LogP contribution is 2.36. The molecule has 0 spiro atoms. The maximum absolute atomic E-state index is 12.6. The summed E-state index contributed by atoms with van der Waals surface area (Å²) in [4.78, 5) is 23.7. The third-order valence-corrected chi connectivity index (χ3v) is 2.09. The largest absolute Gasteiger partial charge is 0.574 e. The second-order valence-corrected chi connectivity index (χ2v) is 3.57. The zero-order valence-corrected chi connectivity index (χ0v) is 10.7. The Morgan fingerprint density at radius 1 is 1.45 bits per heavy atom. The lowest BCUT2D eigenvalue weighted by molar-refractivity contribution is -0.389. The quantitative estimate of drug-likeness (QED) is 0.357. The molecule has 22 heavy (non-hydrogen) atoms. The highest BCUT2D eigenvalue weighted by molar-refractivity contribution is 5.95. The molecular formula is C10H7F5N2O5. The molecule has 0 aromatic carbocycles. The van der Waals surface area contributed by atoms with E-state index < -0.39 is 46.5 Å². The minimum atomic E-state index is -5.43. The van der Waals surface area contributed by atoms with Gasteiger partial charge in [0, 0.05) is 0 Å². The summed E-state index contributed by atoms with van der Waals surface area (Å²) in [7, 11) is 0. The third-order valence-electron chi connectivity index (χ3n) is 2.09. The van der Waals surface area contributed by atoms with Gasteiger partial charge in [-0.3, -0.25) is 10.1 Å². The van der Waals surface area contributed by atoms with Crippen molar-refractivity contribution in [3.63, 3.8) is 0 Å². The third kappa shape index (κ3) is 4.23. The van der Waals surface area contributed by atoms with Crippen molar-refractivity contribution in [1.82, 2.24) is 4.98 Å². The molecule has 1 rings (SSSR count). The van der Waals surface area contributed by atoms with Crippen molar-refractivity contribution in [1.29, 1.82) is 0 Å². The number of aromatic nitrogens is 1. The molecule has 0 saturated carbocycles. The first kappa shape index (κ1) is 17.5. The monoisotopic (exact) mass is 330 g/mol. The minimum absolute atomic E-state index is 0.280.